The molecule has 1 fully saturated rings. The topological polar surface area (TPSA) is 65.2 Å². The van der Waals surface area contributed by atoms with Crippen molar-refractivity contribution in [2.24, 2.45) is 0 Å². The minimum atomic E-state index is -3.29. The highest BCUT2D eigenvalue weighted by Gasteiger charge is 2.28. The number of H-pyrrole nitrogens is 1. The predicted molar refractivity (Wildman–Crippen MR) is 57.0 cm³/mol. The fraction of sp³-hybridized carbons (Fsp3) is 0.556. The van der Waals surface area contributed by atoms with Gasteiger partial charge >= 0.3 is 0 Å². The Hall–Kier alpha value is -0.850. The number of piperazine rings is 1. The van der Waals surface area contributed by atoms with Crippen LogP contribution in [0.25, 0.3) is 0 Å². The Morgan fingerprint density at radius 3 is 2.93 bits per heavy atom. The Labute approximate surface area is 89.5 Å². The van der Waals surface area contributed by atoms with Crippen LogP contribution in [0.4, 0.5) is 0 Å². The first-order valence-corrected chi connectivity index (χ1v) is 6.41. The quantitative estimate of drug-likeness (QED) is 0.750. The molecule has 1 aromatic rings. The summed E-state index contributed by atoms with van der Waals surface area (Å²) in [5.41, 5.74) is 0. The van der Waals surface area contributed by atoms with E-state index in [1.54, 1.807) is 12.3 Å². The monoisotopic (exact) mass is 229 g/mol. The van der Waals surface area contributed by atoms with Gasteiger partial charge in [-0.15, -0.1) is 0 Å². The van der Waals surface area contributed by atoms with Gasteiger partial charge in [-0.1, -0.05) is 0 Å². The van der Waals surface area contributed by atoms with Gasteiger partial charge in [0.15, 0.2) is 0 Å². The highest BCUT2D eigenvalue weighted by molar-refractivity contribution is 7.89. The third kappa shape index (κ3) is 2.06. The standard InChI is InChI=1S/C9H15N3O2S/c1-8-7-12(5-4-11-8)15(13,14)9-2-3-10-6-9/h2-3,6,8,10-11H,4-5,7H2,1H3/t8-/m0/s1. The Bertz CT molecular complexity index is 413. The zero-order valence-corrected chi connectivity index (χ0v) is 9.42. The van der Waals surface area contributed by atoms with Crippen LogP contribution >= 0.6 is 0 Å². The van der Waals surface area contributed by atoms with Gasteiger partial charge in [-0.3, -0.25) is 0 Å². The molecule has 15 heavy (non-hydrogen) atoms. The van der Waals surface area contributed by atoms with Gasteiger partial charge in [0.25, 0.3) is 0 Å². The lowest BCUT2D eigenvalue weighted by Crippen LogP contribution is -2.51. The van der Waals surface area contributed by atoms with Crippen LogP contribution in [-0.2, 0) is 10.0 Å². The maximum absolute atomic E-state index is 12.1. The third-order valence-corrected chi connectivity index (χ3v) is 4.40. The molecule has 0 unspecified atom stereocenters. The largest absolute Gasteiger partial charge is 0.366 e. The number of sulfonamides is 1. The maximum atomic E-state index is 12.1. The molecule has 1 aliphatic heterocycles. The molecule has 1 saturated heterocycles. The van der Waals surface area contributed by atoms with Crippen molar-refractivity contribution in [3.05, 3.63) is 18.5 Å². The van der Waals surface area contributed by atoms with Gasteiger partial charge in [-0.2, -0.15) is 4.31 Å². The van der Waals surface area contributed by atoms with E-state index < -0.39 is 10.0 Å². The smallest absolute Gasteiger partial charge is 0.244 e. The number of rotatable bonds is 2. The minimum Gasteiger partial charge on any atom is -0.366 e. The number of aromatic amines is 1. The fourth-order valence-corrected chi connectivity index (χ4v) is 3.24. The molecule has 0 radical (unpaired) electrons. The highest BCUT2D eigenvalue weighted by Crippen LogP contribution is 2.15. The average Bonchev–Trinajstić information content (AvgIpc) is 2.71. The number of hydrogen-bond acceptors (Lipinski definition) is 3. The third-order valence-electron chi connectivity index (χ3n) is 2.54. The summed E-state index contributed by atoms with van der Waals surface area (Å²) in [4.78, 5) is 3.11. The van der Waals surface area contributed by atoms with Crippen molar-refractivity contribution in [1.82, 2.24) is 14.6 Å². The molecule has 84 valence electrons. The molecule has 1 atom stereocenters. The van der Waals surface area contributed by atoms with Crippen LogP contribution in [0.3, 0.4) is 0 Å². The van der Waals surface area contributed by atoms with Crippen molar-refractivity contribution in [2.45, 2.75) is 17.9 Å². The summed E-state index contributed by atoms with van der Waals surface area (Å²) in [6.07, 6.45) is 3.14. The molecule has 0 spiro atoms. The van der Waals surface area contributed by atoms with E-state index in [-0.39, 0.29) is 6.04 Å². The van der Waals surface area contributed by atoms with Gasteiger partial charge in [0.2, 0.25) is 10.0 Å². The van der Waals surface area contributed by atoms with Crippen LogP contribution in [0.1, 0.15) is 6.92 Å². The summed E-state index contributed by atoms with van der Waals surface area (Å²) in [7, 11) is -3.29. The molecule has 2 heterocycles. The lowest BCUT2D eigenvalue weighted by atomic mass is 10.3. The molecule has 0 saturated carbocycles. The lowest BCUT2D eigenvalue weighted by molar-refractivity contribution is 0.310. The highest BCUT2D eigenvalue weighted by atomic mass is 32.2. The van der Waals surface area contributed by atoms with Crippen LogP contribution in [0.2, 0.25) is 0 Å². The number of nitrogens with one attached hydrogen (secondary N) is 2. The summed E-state index contributed by atoms with van der Waals surface area (Å²) in [6.45, 7) is 3.77. The Morgan fingerprint density at radius 2 is 2.33 bits per heavy atom. The molecule has 0 amide bonds. The van der Waals surface area contributed by atoms with E-state index in [1.165, 1.54) is 10.5 Å². The predicted octanol–water partition coefficient (Wildman–Crippen LogP) is -0.00290. The van der Waals surface area contributed by atoms with Crippen molar-refractivity contribution in [3.8, 4) is 0 Å². The van der Waals surface area contributed by atoms with Gasteiger partial charge < -0.3 is 10.3 Å². The van der Waals surface area contributed by atoms with Gasteiger partial charge in [0.1, 0.15) is 0 Å². The van der Waals surface area contributed by atoms with E-state index in [2.05, 4.69) is 10.3 Å². The summed E-state index contributed by atoms with van der Waals surface area (Å²) >= 11 is 0. The molecule has 0 aliphatic carbocycles. The zero-order chi connectivity index (χ0) is 10.9. The van der Waals surface area contributed by atoms with Crippen LogP contribution in [0, 0.1) is 0 Å². The molecule has 1 aromatic heterocycles. The molecule has 0 aromatic carbocycles. The first kappa shape index (κ1) is 10.7. The summed E-state index contributed by atoms with van der Waals surface area (Å²) in [5.74, 6) is 0. The molecule has 2 N–H and O–H groups in total. The van der Waals surface area contributed by atoms with Crippen molar-refractivity contribution >= 4 is 10.0 Å². The molecular weight excluding hydrogens is 214 g/mol. The van der Waals surface area contributed by atoms with E-state index in [1.807, 2.05) is 6.92 Å². The number of hydrogen-bond donors (Lipinski definition) is 2. The molecule has 6 heteroatoms. The molecule has 1 aliphatic rings. The van der Waals surface area contributed by atoms with Gasteiger partial charge in [-0.05, 0) is 13.0 Å². The van der Waals surface area contributed by atoms with E-state index in [4.69, 9.17) is 0 Å². The zero-order valence-electron chi connectivity index (χ0n) is 8.60. The maximum Gasteiger partial charge on any atom is 0.244 e. The molecule has 5 nitrogen and oxygen atoms in total. The summed E-state index contributed by atoms with van der Waals surface area (Å²) in [6, 6.07) is 1.80. The first-order chi connectivity index (χ1) is 7.10. The van der Waals surface area contributed by atoms with Gasteiger partial charge in [0.05, 0.1) is 4.90 Å². The van der Waals surface area contributed by atoms with Gasteiger partial charge in [0, 0.05) is 38.1 Å². The Kier molecular flexibility index (Phi) is 2.81. The second-order valence-electron chi connectivity index (χ2n) is 3.76. The van der Waals surface area contributed by atoms with E-state index in [0.717, 1.165) is 0 Å². The molecule has 2 rings (SSSR count). The van der Waals surface area contributed by atoms with Crippen molar-refractivity contribution in [3.63, 3.8) is 0 Å². The number of nitrogens with zero attached hydrogens (tertiary/aromatic N) is 1. The van der Waals surface area contributed by atoms with Crippen LogP contribution < -0.4 is 5.32 Å². The summed E-state index contributed by atoms with van der Waals surface area (Å²) in [5, 5.41) is 3.22. The summed E-state index contributed by atoms with van der Waals surface area (Å²) < 4.78 is 25.7. The van der Waals surface area contributed by atoms with Crippen LogP contribution in [0.15, 0.2) is 23.4 Å². The SMILES string of the molecule is C[C@H]1CN(S(=O)(=O)c2cc[nH]c2)CCN1. The van der Waals surface area contributed by atoms with E-state index >= 15 is 0 Å². The van der Waals surface area contributed by atoms with Crippen molar-refractivity contribution < 1.29 is 8.42 Å². The van der Waals surface area contributed by atoms with Gasteiger partial charge in [-0.25, -0.2) is 8.42 Å². The average molecular weight is 229 g/mol. The minimum absolute atomic E-state index is 0.215. The Balaban J connectivity index is 2.22. The van der Waals surface area contributed by atoms with Crippen molar-refractivity contribution in [2.75, 3.05) is 19.6 Å². The van der Waals surface area contributed by atoms with Crippen LogP contribution in [-0.4, -0.2) is 43.4 Å². The fourth-order valence-electron chi connectivity index (χ4n) is 1.73. The normalized spacial score (nSPS) is 24.2. The first-order valence-electron chi connectivity index (χ1n) is 4.97. The second kappa shape index (κ2) is 3.96. The molecule has 0 bridgehead atoms. The van der Waals surface area contributed by atoms with Crippen molar-refractivity contribution in [1.29, 1.82) is 0 Å². The molecular formula is C9H15N3O2S. The van der Waals surface area contributed by atoms with E-state index in [0.29, 0.717) is 24.5 Å². The van der Waals surface area contributed by atoms with Crippen LogP contribution in [0.5, 0.6) is 0 Å². The lowest BCUT2D eigenvalue weighted by Gasteiger charge is -2.30. The number of aromatic nitrogens is 1. The second-order valence-corrected chi connectivity index (χ2v) is 5.70. The van der Waals surface area contributed by atoms with E-state index in [9.17, 15) is 8.42 Å². The Morgan fingerprint density at radius 1 is 1.53 bits per heavy atom.